The Morgan fingerprint density at radius 3 is 2.27 bits per heavy atom. The lowest BCUT2D eigenvalue weighted by Crippen LogP contribution is -2.12. The van der Waals surface area contributed by atoms with Gasteiger partial charge in [0.05, 0.1) is 15.6 Å². The molecule has 0 saturated heterocycles. The van der Waals surface area contributed by atoms with Gasteiger partial charge in [0.15, 0.2) is 9.84 Å². The first-order chi connectivity index (χ1) is 10.3. The molecule has 0 saturated carbocycles. The normalized spacial score (nSPS) is 11.2. The second kappa shape index (κ2) is 6.15. The van der Waals surface area contributed by atoms with E-state index in [0.717, 1.165) is 0 Å². The molecule has 0 heterocycles. The van der Waals surface area contributed by atoms with Crippen molar-refractivity contribution in [2.24, 2.45) is 0 Å². The van der Waals surface area contributed by atoms with E-state index in [1.54, 1.807) is 43.3 Å². The van der Waals surface area contributed by atoms with Crippen molar-refractivity contribution < 1.29 is 13.3 Å². The molecule has 0 bridgehead atoms. The number of rotatable bonds is 5. The Morgan fingerprint density at radius 2 is 1.73 bits per heavy atom. The summed E-state index contributed by atoms with van der Waals surface area (Å²) in [6.45, 7) is 0. The van der Waals surface area contributed by atoms with E-state index in [9.17, 15) is 18.5 Å². The van der Waals surface area contributed by atoms with E-state index in [1.165, 1.54) is 24.3 Å². The van der Waals surface area contributed by atoms with Gasteiger partial charge in [0.2, 0.25) is 0 Å². The van der Waals surface area contributed by atoms with Crippen LogP contribution in [0.5, 0.6) is 0 Å². The van der Waals surface area contributed by atoms with E-state index in [-0.39, 0.29) is 16.3 Å². The number of sulfone groups is 1. The minimum atomic E-state index is -3.48. The van der Waals surface area contributed by atoms with Crippen LogP contribution in [0, 0.1) is 10.1 Å². The molecular weight excluding hydrogens is 304 g/mol. The summed E-state index contributed by atoms with van der Waals surface area (Å²) in [7, 11) is -0.121. The summed E-state index contributed by atoms with van der Waals surface area (Å²) in [4.78, 5) is 12.4. The molecule has 0 fully saturated rings. The maximum absolute atomic E-state index is 12.4. The highest BCUT2D eigenvalue weighted by molar-refractivity contribution is 7.90. The Morgan fingerprint density at radius 1 is 1.09 bits per heavy atom. The SMILES string of the molecule is CN(C)c1cc(CS(=O)(=O)c2ccccc2)ccc1[N+](=O)[O-]. The summed E-state index contributed by atoms with van der Waals surface area (Å²) in [5, 5.41) is 11.0. The number of nitrogens with zero attached hydrogens (tertiary/aromatic N) is 2. The van der Waals surface area contributed by atoms with E-state index in [0.29, 0.717) is 11.3 Å². The molecule has 22 heavy (non-hydrogen) atoms. The zero-order valence-corrected chi connectivity index (χ0v) is 13.1. The molecule has 0 N–H and O–H groups in total. The van der Waals surface area contributed by atoms with Gasteiger partial charge >= 0.3 is 0 Å². The van der Waals surface area contributed by atoms with Gasteiger partial charge in [-0.25, -0.2) is 8.42 Å². The van der Waals surface area contributed by atoms with Crippen LogP contribution in [-0.2, 0) is 15.6 Å². The third-order valence-electron chi connectivity index (χ3n) is 3.18. The molecule has 0 aliphatic rings. The summed E-state index contributed by atoms with van der Waals surface area (Å²) < 4.78 is 24.7. The van der Waals surface area contributed by atoms with Crippen LogP contribution in [0.15, 0.2) is 53.4 Å². The molecule has 0 amide bonds. The second-order valence-electron chi connectivity index (χ2n) is 5.05. The van der Waals surface area contributed by atoms with Gasteiger partial charge in [0.25, 0.3) is 5.69 Å². The van der Waals surface area contributed by atoms with Crippen molar-refractivity contribution in [1.82, 2.24) is 0 Å². The highest BCUT2D eigenvalue weighted by Gasteiger charge is 2.19. The van der Waals surface area contributed by atoms with Gasteiger partial charge in [0, 0.05) is 20.2 Å². The molecule has 0 radical (unpaired) electrons. The zero-order chi connectivity index (χ0) is 16.3. The van der Waals surface area contributed by atoms with E-state index in [4.69, 9.17) is 0 Å². The lowest BCUT2D eigenvalue weighted by atomic mass is 10.2. The van der Waals surface area contributed by atoms with Crippen LogP contribution >= 0.6 is 0 Å². The lowest BCUT2D eigenvalue weighted by molar-refractivity contribution is -0.384. The minimum Gasteiger partial charge on any atom is -0.372 e. The van der Waals surface area contributed by atoms with Crippen LogP contribution < -0.4 is 4.90 Å². The topological polar surface area (TPSA) is 80.5 Å². The van der Waals surface area contributed by atoms with Gasteiger partial charge in [0.1, 0.15) is 5.69 Å². The Labute approximate surface area is 129 Å². The fraction of sp³-hybridized carbons (Fsp3) is 0.200. The molecule has 0 aliphatic heterocycles. The van der Waals surface area contributed by atoms with Crippen LogP contribution in [0.1, 0.15) is 5.56 Å². The average Bonchev–Trinajstić information content (AvgIpc) is 2.47. The van der Waals surface area contributed by atoms with E-state index in [2.05, 4.69) is 0 Å². The molecule has 6 nitrogen and oxygen atoms in total. The molecule has 0 unspecified atom stereocenters. The highest BCUT2D eigenvalue weighted by atomic mass is 32.2. The van der Waals surface area contributed by atoms with Gasteiger partial charge in [-0.15, -0.1) is 0 Å². The van der Waals surface area contributed by atoms with E-state index < -0.39 is 14.8 Å². The highest BCUT2D eigenvalue weighted by Crippen LogP contribution is 2.29. The largest absolute Gasteiger partial charge is 0.372 e. The summed E-state index contributed by atoms with van der Waals surface area (Å²) in [5.74, 6) is -0.199. The zero-order valence-electron chi connectivity index (χ0n) is 12.3. The Kier molecular flexibility index (Phi) is 4.46. The number of hydrogen-bond acceptors (Lipinski definition) is 5. The molecule has 0 aliphatic carbocycles. The maximum atomic E-state index is 12.4. The van der Waals surface area contributed by atoms with Crippen molar-refractivity contribution in [2.75, 3.05) is 19.0 Å². The predicted molar refractivity (Wildman–Crippen MR) is 84.8 cm³/mol. The quantitative estimate of drug-likeness (QED) is 0.625. The van der Waals surface area contributed by atoms with Crippen molar-refractivity contribution >= 4 is 21.2 Å². The minimum absolute atomic E-state index is 0.0501. The molecule has 2 rings (SSSR count). The molecule has 7 heteroatoms. The maximum Gasteiger partial charge on any atom is 0.292 e. The third-order valence-corrected chi connectivity index (χ3v) is 4.88. The number of nitro benzene ring substituents is 1. The van der Waals surface area contributed by atoms with Gasteiger partial charge in [-0.05, 0) is 23.8 Å². The second-order valence-corrected chi connectivity index (χ2v) is 7.04. The Bertz CT molecular complexity index is 786. The molecular formula is C15H16N2O4S. The van der Waals surface area contributed by atoms with Crippen molar-refractivity contribution in [1.29, 1.82) is 0 Å². The van der Waals surface area contributed by atoms with Crippen LogP contribution in [0.4, 0.5) is 11.4 Å². The first-order valence-electron chi connectivity index (χ1n) is 6.54. The molecule has 2 aromatic rings. The Hall–Kier alpha value is -2.41. The van der Waals surface area contributed by atoms with Crippen LogP contribution in [0.3, 0.4) is 0 Å². The van der Waals surface area contributed by atoms with Gasteiger partial charge in [-0.3, -0.25) is 10.1 Å². The van der Waals surface area contributed by atoms with Crippen LogP contribution in [0.25, 0.3) is 0 Å². The van der Waals surface area contributed by atoms with Crippen molar-refractivity contribution in [3.05, 3.63) is 64.2 Å². The van der Waals surface area contributed by atoms with Crippen molar-refractivity contribution in [3.8, 4) is 0 Å². The standard InChI is InChI=1S/C15H16N2O4S/c1-16(2)15-10-12(8-9-14(15)17(18)19)11-22(20,21)13-6-4-3-5-7-13/h3-10H,11H2,1-2H3. The van der Waals surface area contributed by atoms with Gasteiger partial charge in [-0.2, -0.15) is 0 Å². The van der Waals surface area contributed by atoms with Crippen LogP contribution in [0.2, 0.25) is 0 Å². The summed E-state index contributed by atoms with van der Waals surface area (Å²) >= 11 is 0. The van der Waals surface area contributed by atoms with Gasteiger partial charge < -0.3 is 4.90 Å². The number of benzene rings is 2. The first kappa shape index (κ1) is 16.0. The number of anilines is 1. The molecule has 0 aromatic heterocycles. The number of hydrogen-bond donors (Lipinski definition) is 0. The summed E-state index contributed by atoms with van der Waals surface area (Å²) in [6, 6.07) is 12.5. The molecule has 0 atom stereocenters. The monoisotopic (exact) mass is 320 g/mol. The molecule has 2 aromatic carbocycles. The van der Waals surface area contributed by atoms with Gasteiger partial charge in [-0.1, -0.05) is 24.3 Å². The first-order valence-corrected chi connectivity index (χ1v) is 8.19. The van der Waals surface area contributed by atoms with E-state index >= 15 is 0 Å². The van der Waals surface area contributed by atoms with Crippen molar-refractivity contribution in [3.63, 3.8) is 0 Å². The molecule has 116 valence electrons. The third kappa shape index (κ3) is 3.43. The smallest absolute Gasteiger partial charge is 0.292 e. The number of nitro groups is 1. The summed E-state index contributed by atoms with van der Waals surface area (Å²) in [6.07, 6.45) is 0. The summed E-state index contributed by atoms with van der Waals surface area (Å²) in [5.41, 5.74) is 0.842. The predicted octanol–water partition coefficient (Wildman–Crippen LogP) is 2.63. The Balaban J connectivity index is 2.39. The fourth-order valence-corrected chi connectivity index (χ4v) is 3.46. The average molecular weight is 320 g/mol. The van der Waals surface area contributed by atoms with Crippen LogP contribution in [-0.4, -0.2) is 27.4 Å². The fourth-order valence-electron chi connectivity index (χ4n) is 2.10. The van der Waals surface area contributed by atoms with E-state index in [1.807, 2.05) is 0 Å². The lowest BCUT2D eigenvalue weighted by Gasteiger charge is -2.14. The molecule has 0 spiro atoms. The van der Waals surface area contributed by atoms with Crippen molar-refractivity contribution in [2.45, 2.75) is 10.6 Å².